The molecule has 0 spiro atoms. The van der Waals surface area contributed by atoms with Crippen LogP contribution in [0.15, 0.2) is 48.5 Å². The number of halogens is 1. The predicted molar refractivity (Wildman–Crippen MR) is 84.6 cm³/mol. The van der Waals surface area contributed by atoms with Gasteiger partial charge in [-0.15, -0.1) is 0 Å². The summed E-state index contributed by atoms with van der Waals surface area (Å²) < 4.78 is 17.7. The van der Waals surface area contributed by atoms with Crippen LogP contribution in [0.25, 0.3) is 0 Å². The van der Waals surface area contributed by atoms with Crippen LogP contribution in [0.2, 0.25) is 0 Å². The Morgan fingerprint density at radius 2 is 1.92 bits per heavy atom. The van der Waals surface area contributed by atoms with Crippen molar-refractivity contribution in [1.29, 1.82) is 5.26 Å². The Hall–Kier alpha value is -3.20. The normalized spacial score (nSPS) is 9.83. The molecule has 0 atom stereocenters. The Morgan fingerprint density at radius 3 is 2.62 bits per heavy atom. The largest absolute Gasteiger partial charge is 0.452 e. The van der Waals surface area contributed by atoms with Crippen LogP contribution in [0, 0.1) is 17.1 Å². The summed E-state index contributed by atoms with van der Waals surface area (Å²) in [6.07, 6.45) is 0.546. The van der Waals surface area contributed by atoms with E-state index in [1.165, 1.54) is 24.3 Å². The molecule has 0 aliphatic carbocycles. The highest BCUT2D eigenvalue weighted by molar-refractivity contribution is 5.91. The first-order valence-corrected chi connectivity index (χ1v) is 7.27. The van der Waals surface area contributed by atoms with Crippen molar-refractivity contribution in [2.45, 2.75) is 6.42 Å². The smallest absolute Gasteiger partial charge is 0.338 e. The third-order valence-electron chi connectivity index (χ3n) is 3.21. The number of benzene rings is 2. The van der Waals surface area contributed by atoms with Crippen LogP contribution in [-0.4, -0.2) is 25.0 Å². The Labute approximate surface area is 138 Å². The van der Waals surface area contributed by atoms with Gasteiger partial charge in [0.1, 0.15) is 5.82 Å². The van der Waals surface area contributed by atoms with Crippen molar-refractivity contribution >= 4 is 11.9 Å². The maximum atomic E-state index is 12.8. The average Bonchev–Trinajstić information content (AvgIpc) is 2.61. The fourth-order valence-electron chi connectivity index (χ4n) is 1.98. The van der Waals surface area contributed by atoms with E-state index in [0.29, 0.717) is 18.5 Å². The number of carbonyl (C=O) groups is 2. The van der Waals surface area contributed by atoms with Crippen LogP contribution in [0.3, 0.4) is 0 Å². The van der Waals surface area contributed by atoms with Gasteiger partial charge in [0.25, 0.3) is 5.91 Å². The van der Waals surface area contributed by atoms with Gasteiger partial charge in [0, 0.05) is 6.54 Å². The molecule has 1 N–H and O–H groups in total. The van der Waals surface area contributed by atoms with Crippen LogP contribution in [0.1, 0.15) is 21.5 Å². The van der Waals surface area contributed by atoms with Gasteiger partial charge in [-0.1, -0.05) is 18.2 Å². The third-order valence-corrected chi connectivity index (χ3v) is 3.21. The van der Waals surface area contributed by atoms with Crippen LogP contribution < -0.4 is 5.32 Å². The van der Waals surface area contributed by atoms with Crippen molar-refractivity contribution in [2.75, 3.05) is 13.2 Å². The van der Waals surface area contributed by atoms with Crippen molar-refractivity contribution in [3.05, 3.63) is 71.0 Å². The number of hydrogen-bond donors (Lipinski definition) is 1. The van der Waals surface area contributed by atoms with Gasteiger partial charge in [-0.25, -0.2) is 9.18 Å². The standard InChI is InChI=1S/C18H15FN2O3/c19-16-6-4-13(5-7-16)8-9-21-17(22)12-24-18(23)15-3-1-2-14(10-15)11-20/h1-7,10H,8-9,12H2,(H,21,22). The maximum Gasteiger partial charge on any atom is 0.338 e. The fourth-order valence-corrected chi connectivity index (χ4v) is 1.98. The second-order valence-corrected chi connectivity index (χ2v) is 5.00. The first-order valence-electron chi connectivity index (χ1n) is 7.27. The zero-order valence-electron chi connectivity index (χ0n) is 12.8. The van der Waals surface area contributed by atoms with E-state index in [2.05, 4.69) is 5.32 Å². The van der Waals surface area contributed by atoms with Gasteiger partial charge in [0.2, 0.25) is 0 Å². The molecule has 5 nitrogen and oxygen atoms in total. The molecule has 0 aliphatic rings. The van der Waals surface area contributed by atoms with E-state index < -0.39 is 18.5 Å². The second kappa shape index (κ2) is 8.44. The van der Waals surface area contributed by atoms with Crippen molar-refractivity contribution in [1.82, 2.24) is 5.32 Å². The Kier molecular flexibility index (Phi) is 6.03. The van der Waals surface area contributed by atoms with Crippen LogP contribution >= 0.6 is 0 Å². The molecule has 0 radical (unpaired) electrons. The van der Waals surface area contributed by atoms with Gasteiger partial charge >= 0.3 is 5.97 Å². The number of nitrogens with one attached hydrogen (secondary N) is 1. The molecule has 2 rings (SSSR count). The summed E-state index contributed by atoms with van der Waals surface area (Å²) in [6.45, 7) is -0.0506. The van der Waals surface area contributed by atoms with E-state index in [9.17, 15) is 14.0 Å². The van der Waals surface area contributed by atoms with E-state index in [-0.39, 0.29) is 11.4 Å². The number of amides is 1. The predicted octanol–water partition coefficient (Wildman–Crippen LogP) is 2.21. The Bertz CT molecular complexity index is 767. The monoisotopic (exact) mass is 326 g/mol. The molecule has 0 saturated carbocycles. The Balaban J connectivity index is 1.73. The summed E-state index contributed by atoms with van der Waals surface area (Å²) >= 11 is 0. The molecule has 122 valence electrons. The molecular weight excluding hydrogens is 311 g/mol. The van der Waals surface area contributed by atoms with Crippen LogP contribution in [0.5, 0.6) is 0 Å². The zero-order valence-corrected chi connectivity index (χ0v) is 12.8. The lowest BCUT2D eigenvalue weighted by Gasteiger charge is -2.07. The number of ether oxygens (including phenoxy) is 1. The van der Waals surface area contributed by atoms with Crippen molar-refractivity contribution in [3.8, 4) is 6.07 Å². The molecule has 0 saturated heterocycles. The number of hydrogen-bond acceptors (Lipinski definition) is 4. The summed E-state index contributed by atoms with van der Waals surface area (Å²) in [7, 11) is 0. The zero-order chi connectivity index (χ0) is 17.4. The van der Waals surface area contributed by atoms with Crippen molar-refractivity contribution in [3.63, 3.8) is 0 Å². The van der Waals surface area contributed by atoms with Crippen molar-refractivity contribution in [2.24, 2.45) is 0 Å². The van der Waals surface area contributed by atoms with E-state index in [0.717, 1.165) is 5.56 Å². The summed E-state index contributed by atoms with van der Waals surface area (Å²) in [4.78, 5) is 23.4. The van der Waals surface area contributed by atoms with E-state index in [1.54, 1.807) is 24.3 Å². The second-order valence-electron chi connectivity index (χ2n) is 5.00. The van der Waals surface area contributed by atoms with Gasteiger partial charge in [-0.05, 0) is 42.3 Å². The van der Waals surface area contributed by atoms with Gasteiger partial charge < -0.3 is 10.1 Å². The molecule has 2 aromatic rings. The summed E-state index contributed by atoms with van der Waals surface area (Å²) in [5.41, 5.74) is 1.45. The van der Waals surface area contributed by atoms with Crippen molar-refractivity contribution < 1.29 is 18.7 Å². The number of esters is 1. The number of carbonyl (C=O) groups excluding carboxylic acids is 2. The van der Waals surface area contributed by atoms with E-state index >= 15 is 0 Å². The molecule has 24 heavy (non-hydrogen) atoms. The molecule has 2 aromatic carbocycles. The first-order chi connectivity index (χ1) is 11.6. The minimum atomic E-state index is -0.666. The minimum absolute atomic E-state index is 0.216. The number of nitriles is 1. The minimum Gasteiger partial charge on any atom is -0.452 e. The van der Waals surface area contributed by atoms with E-state index in [1.807, 2.05) is 6.07 Å². The number of nitrogens with zero attached hydrogens (tertiary/aromatic N) is 1. The molecule has 0 aliphatic heterocycles. The van der Waals surface area contributed by atoms with Gasteiger partial charge in [-0.3, -0.25) is 4.79 Å². The molecular formula is C18H15FN2O3. The summed E-state index contributed by atoms with van der Waals surface area (Å²) in [6, 6.07) is 14.0. The molecule has 6 heteroatoms. The average molecular weight is 326 g/mol. The topological polar surface area (TPSA) is 79.2 Å². The maximum absolute atomic E-state index is 12.8. The lowest BCUT2D eigenvalue weighted by Crippen LogP contribution is -2.30. The molecule has 1 amide bonds. The Morgan fingerprint density at radius 1 is 1.17 bits per heavy atom. The quantitative estimate of drug-likeness (QED) is 0.826. The lowest BCUT2D eigenvalue weighted by atomic mass is 10.1. The lowest BCUT2D eigenvalue weighted by molar-refractivity contribution is -0.124. The highest BCUT2D eigenvalue weighted by atomic mass is 19.1. The molecule has 0 fully saturated rings. The summed E-state index contributed by atoms with van der Waals surface area (Å²) in [5, 5.41) is 11.4. The molecule has 0 heterocycles. The van der Waals surface area contributed by atoms with Crippen LogP contribution in [0.4, 0.5) is 4.39 Å². The molecule has 0 aromatic heterocycles. The SMILES string of the molecule is N#Cc1cccc(C(=O)OCC(=O)NCCc2ccc(F)cc2)c1. The first kappa shape index (κ1) is 17.2. The van der Waals surface area contributed by atoms with Gasteiger partial charge in [0.05, 0.1) is 17.2 Å². The summed E-state index contributed by atoms with van der Waals surface area (Å²) in [5.74, 6) is -1.40. The molecule has 0 bridgehead atoms. The van der Waals surface area contributed by atoms with Crippen LogP contribution in [-0.2, 0) is 16.0 Å². The van der Waals surface area contributed by atoms with E-state index in [4.69, 9.17) is 10.00 Å². The third kappa shape index (κ3) is 5.21. The van der Waals surface area contributed by atoms with Gasteiger partial charge in [-0.2, -0.15) is 5.26 Å². The van der Waals surface area contributed by atoms with Gasteiger partial charge in [0.15, 0.2) is 6.61 Å². The highest BCUT2D eigenvalue weighted by Gasteiger charge is 2.10. The highest BCUT2D eigenvalue weighted by Crippen LogP contribution is 2.06. The number of rotatable bonds is 6. The molecule has 0 unspecified atom stereocenters. The fraction of sp³-hybridized carbons (Fsp3) is 0.167.